The number of rotatable bonds is 1. The summed E-state index contributed by atoms with van der Waals surface area (Å²) in [5.74, 6) is -0.513. The van der Waals surface area contributed by atoms with Crippen molar-refractivity contribution in [3.63, 3.8) is 0 Å². The van der Waals surface area contributed by atoms with Crippen molar-refractivity contribution in [1.82, 2.24) is 4.98 Å². The quantitative estimate of drug-likeness (QED) is 0.880. The molecule has 0 unspecified atom stereocenters. The third-order valence-electron chi connectivity index (χ3n) is 2.22. The van der Waals surface area contributed by atoms with Crippen molar-refractivity contribution in [2.24, 2.45) is 5.73 Å². The summed E-state index contributed by atoms with van der Waals surface area (Å²) in [5.41, 5.74) is 6.97. The molecule has 0 aliphatic rings. The van der Waals surface area contributed by atoms with Crippen LogP contribution in [0.15, 0.2) is 22.7 Å². The number of nitrogens with zero attached hydrogens (tertiary/aromatic N) is 1. The van der Waals surface area contributed by atoms with Crippen molar-refractivity contribution in [2.45, 2.75) is 6.92 Å². The maximum atomic E-state index is 11.3. The highest BCUT2D eigenvalue weighted by Crippen LogP contribution is 2.28. The van der Waals surface area contributed by atoms with E-state index in [4.69, 9.17) is 17.3 Å². The lowest BCUT2D eigenvalue weighted by Gasteiger charge is -2.06. The van der Waals surface area contributed by atoms with Gasteiger partial charge in [-0.1, -0.05) is 27.5 Å². The Bertz CT molecular complexity index is 598. The number of hydrogen-bond donors (Lipinski definition) is 1. The highest BCUT2D eigenvalue weighted by molar-refractivity contribution is 9.10. The number of nitrogens with two attached hydrogens (primary N) is 1. The zero-order chi connectivity index (χ0) is 11.9. The Morgan fingerprint density at radius 2 is 2.12 bits per heavy atom. The number of halogens is 2. The van der Waals surface area contributed by atoms with Gasteiger partial charge in [-0.15, -0.1) is 0 Å². The summed E-state index contributed by atoms with van der Waals surface area (Å²) >= 11 is 9.41. The molecule has 1 aromatic carbocycles. The van der Waals surface area contributed by atoms with Crippen LogP contribution in [0.25, 0.3) is 10.9 Å². The molecule has 0 saturated heterocycles. The minimum Gasteiger partial charge on any atom is -0.366 e. The number of aryl methyl sites for hydroxylation is 1. The number of fused-ring (bicyclic) bond motifs is 1. The van der Waals surface area contributed by atoms with Gasteiger partial charge in [0.2, 0.25) is 0 Å². The first-order chi connectivity index (χ1) is 7.49. The number of amides is 1. The summed E-state index contributed by atoms with van der Waals surface area (Å²) in [6.45, 7) is 1.82. The Hall–Kier alpha value is -1.13. The van der Waals surface area contributed by atoms with E-state index in [1.165, 1.54) is 0 Å². The van der Waals surface area contributed by atoms with Crippen LogP contribution >= 0.6 is 27.5 Å². The van der Waals surface area contributed by atoms with Crippen LogP contribution in [-0.2, 0) is 0 Å². The molecule has 16 heavy (non-hydrogen) atoms. The third-order valence-corrected chi connectivity index (χ3v) is 2.99. The lowest BCUT2D eigenvalue weighted by Crippen LogP contribution is -2.12. The second kappa shape index (κ2) is 4.03. The Kier molecular flexibility index (Phi) is 2.86. The number of primary amides is 1. The largest absolute Gasteiger partial charge is 0.366 e. The summed E-state index contributed by atoms with van der Waals surface area (Å²) in [7, 11) is 0. The van der Waals surface area contributed by atoms with E-state index in [1.54, 1.807) is 12.1 Å². The summed E-state index contributed by atoms with van der Waals surface area (Å²) in [4.78, 5) is 15.6. The average Bonchev–Trinajstić information content (AvgIpc) is 2.18. The molecule has 1 amide bonds. The first kappa shape index (κ1) is 11.4. The van der Waals surface area contributed by atoms with Crippen LogP contribution in [0.2, 0.25) is 5.02 Å². The molecule has 2 N–H and O–H groups in total. The van der Waals surface area contributed by atoms with E-state index in [2.05, 4.69) is 20.9 Å². The first-order valence-corrected chi connectivity index (χ1v) is 5.72. The molecule has 0 saturated carbocycles. The number of pyridine rings is 1. The molecular formula is C11H8BrClN2O. The Labute approximate surface area is 106 Å². The number of benzene rings is 1. The molecule has 0 aliphatic carbocycles. The zero-order valence-electron chi connectivity index (χ0n) is 8.42. The second-order valence-corrected chi connectivity index (χ2v) is 4.78. The van der Waals surface area contributed by atoms with Crippen LogP contribution in [0.1, 0.15) is 16.1 Å². The van der Waals surface area contributed by atoms with Crippen LogP contribution < -0.4 is 5.73 Å². The number of carbonyl (C=O) groups excluding carboxylic acids is 1. The van der Waals surface area contributed by atoms with Gasteiger partial charge in [0.25, 0.3) is 5.91 Å². The van der Waals surface area contributed by atoms with Gasteiger partial charge in [-0.25, -0.2) is 0 Å². The molecule has 2 aromatic rings. The van der Waals surface area contributed by atoms with E-state index < -0.39 is 5.91 Å². The van der Waals surface area contributed by atoms with Crippen LogP contribution in [0.4, 0.5) is 0 Å². The van der Waals surface area contributed by atoms with E-state index in [0.29, 0.717) is 16.1 Å². The standard InChI is InChI=1S/C11H8BrClN2O/c1-5-2-9(13)7-3-6(12)4-8(11(14)16)10(7)15-5/h2-4H,1H3,(H2,14,16). The summed E-state index contributed by atoms with van der Waals surface area (Å²) in [6, 6.07) is 5.21. The topological polar surface area (TPSA) is 56.0 Å². The summed E-state index contributed by atoms with van der Waals surface area (Å²) < 4.78 is 0.751. The van der Waals surface area contributed by atoms with Gasteiger partial charge in [-0.05, 0) is 25.1 Å². The molecule has 0 spiro atoms. The minimum absolute atomic E-state index is 0.370. The van der Waals surface area contributed by atoms with Gasteiger partial charge in [0.1, 0.15) is 0 Å². The van der Waals surface area contributed by atoms with Gasteiger partial charge in [-0.3, -0.25) is 9.78 Å². The van der Waals surface area contributed by atoms with Crippen molar-refractivity contribution in [3.8, 4) is 0 Å². The third kappa shape index (κ3) is 1.90. The smallest absolute Gasteiger partial charge is 0.250 e. The predicted molar refractivity (Wildman–Crippen MR) is 67.7 cm³/mol. The van der Waals surface area contributed by atoms with Gasteiger partial charge in [0, 0.05) is 15.6 Å². The predicted octanol–water partition coefficient (Wildman–Crippen LogP) is 3.06. The molecular weight excluding hydrogens is 291 g/mol. The van der Waals surface area contributed by atoms with Crippen molar-refractivity contribution in [3.05, 3.63) is 39.0 Å². The van der Waals surface area contributed by atoms with Crippen LogP contribution in [0.3, 0.4) is 0 Å². The molecule has 0 aliphatic heterocycles. The SMILES string of the molecule is Cc1cc(Cl)c2cc(Br)cc(C(N)=O)c2n1. The summed E-state index contributed by atoms with van der Waals surface area (Å²) in [6.07, 6.45) is 0. The minimum atomic E-state index is -0.513. The second-order valence-electron chi connectivity index (χ2n) is 3.46. The van der Waals surface area contributed by atoms with Gasteiger partial charge < -0.3 is 5.73 Å². The Morgan fingerprint density at radius 1 is 1.44 bits per heavy atom. The molecule has 0 fully saturated rings. The van der Waals surface area contributed by atoms with Crippen LogP contribution in [-0.4, -0.2) is 10.9 Å². The monoisotopic (exact) mass is 298 g/mol. The molecule has 1 heterocycles. The zero-order valence-corrected chi connectivity index (χ0v) is 10.8. The molecule has 1 aromatic heterocycles. The highest BCUT2D eigenvalue weighted by Gasteiger charge is 2.12. The fraction of sp³-hybridized carbons (Fsp3) is 0.0909. The van der Waals surface area contributed by atoms with Gasteiger partial charge in [0.05, 0.1) is 16.1 Å². The maximum Gasteiger partial charge on any atom is 0.250 e. The Morgan fingerprint density at radius 3 is 2.75 bits per heavy atom. The Balaban J connectivity index is 2.95. The number of aromatic nitrogens is 1. The van der Waals surface area contributed by atoms with E-state index >= 15 is 0 Å². The molecule has 0 atom stereocenters. The van der Waals surface area contributed by atoms with E-state index in [9.17, 15) is 4.79 Å². The van der Waals surface area contributed by atoms with Gasteiger partial charge in [0.15, 0.2) is 0 Å². The maximum absolute atomic E-state index is 11.3. The molecule has 82 valence electrons. The lowest BCUT2D eigenvalue weighted by molar-refractivity contribution is 0.100. The van der Waals surface area contributed by atoms with Crippen molar-refractivity contribution in [1.29, 1.82) is 0 Å². The molecule has 3 nitrogen and oxygen atoms in total. The van der Waals surface area contributed by atoms with E-state index in [-0.39, 0.29) is 0 Å². The van der Waals surface area contributed by atoms with E-state index in [0.717, 1.165) is 15.6 Å². The molecule has 0 radical (unpaired) electrons. The normalized spacial score (nSPS) is 10.7. The lowest BCUT2D eigenvalue weighted by atomic mass is 10.1. The van der Waals surface area contributed by atoms with Gasteiger partial charge in [-0.2, -0.15) is 0 Å². The van der Waals surface area contributed by atoms with Crippen molar-refractivity contribution in [2.75, 3.05) is 0 Å². The highest BCUT2D eigenvalue weighted by atomic mass is 79.9. The van der Waals surface area contributed by atoms with Crippen LogP contribution in [0.5, 0.6) is 0 Å². The number of hydrogen-bond acceptors (Lipinski definition) is 2. The first-order valence-electron chi connectivity index (χ1n) is 4.55. The van der Waals surface area contributed by atoms with Crippen LogP contribution in [0, 0.1) is 6.92 Å². The summed E-state index contributed by atoms with van der Waals surface area (Å²) in [5, 5.41) is 1.28. The van der Waals surface area contributed by atoms with Gasteiger partial charge >= 0.3 is 0 Å². The fourth-order valence-corrected chi connectivity index (χ4v) is 2.32. The van der Waals surface area contributed by atoms with E-state index in [1.807, 2.05) is 13.0 Å². The number of carbonyl (C=O) groups is 1. The average molecular weight is 300 g/mol. The van der Waals surface area contributed by atoms with Crippen molar-refractivity contribution < 1.29 is 4.79 Å². The molecule has 5 heteroatoms. The molecule has 0 bridgehead atoms. The fourth-order valence-electron chi connectivity index (χ4n) is 1.56. The molecule has 2 rings (SSSR count). The van der Waals surface area contributed by atoms with Crippen molar-refractivity contribution >= 4 is 44.3 Å².